The van der Waals surface area contributed by atoms with Crippen LogP contribution in [0.5, 0.6) is 0 Å². The van der Waals surface area contributed by atoms with E-state index in [2.05, 4.69) is 5.32 Å². The predicted molar refractivity (Wildman–Crippen MR) is 128 cm³/mol. The van der Waals surface area contributed by atoms with Crippen molar-refractivity contribution in [3.8, 4) is 0 Å². The van der Waals surface area contributed by atoms with Crippen LogP contribution in [0.4, 0.5) is 5.69 Å². The highest BCUT2D eigenvalue weighted by atomic mass is 35.5. The quantitative estimate of drug-likeness (QED) is 0.445. The van der Waals surface area contributed by atoms with Crippen molar-refractivity contribution in [2.24, 2.45) is 0 Å². The number of hydrogen-bond donors (Lipinski definition) is 1. The number of anilines is 1. The van der Waals surface area contributed by atoms with Crippen molar-refractivity contribution in [3.63, 3.8) is 0 Å². The van der Waals surface area contributed by atoms with Gasteiger partial charge in [-0.25, -0.2) is 8.42 Å². The van der Waals surface area contributed by atoms with Gasteiger partial charge in [0, 0.05) is 15.7 Å². The van der Waals surface area contributed by atoms with Gasteiger partial charge in [0.15, 0.2) is 15.1 Å². The van der Waals surface area contributed by atoms with Crippen molar-refractivity contribution in [1.29, 1.82) is 0 Å². The van der Waals surface area contributed by atoms with Crippen LogP contribution in [0.1, 0.15) is 27.5 Å². The summed E-state index contributed by atoms with van der Waals surface area (Å²) in [7, 11) is -4.21. The van der Waals surface area contributed by atoms with Crippen LogP contribution in [0, 0.1) is 13.8 Å². The molecule has 0 aliphatic carbocycles. The van der Waals surface area contributed by atoms with Gasteiger partial charge in [-0.1, -0.05) is 77.8 Å². The molecule has 8 heteroatoms. The molecule has 0 heterocycles. The second-order valence-electron chi connectivity index (χ2n) is 7.39. The van der Waals surface area contributed by atoms with Crippen molar-refractivity contribution in [2.75, 3.05) is 5.32 Å². The molecule has 0 aromatic heterocycles. The molecule has 0 radical (unpaired) electrons. The Bertz CT molecular complexity index is 1270. The Morgan fingerprint density at radius 1 is 0.844 bits per heavy atom. The highest BCUT2D eigenvalue weighted by Crippen LogP contribution is 2.33. The summed E-state index contributed by atoms with van der Waals surface area (Å²) in [5, 5.41) is 1.12. The van der Waals surface area contributed by atoms with E-state index < -0.39 is 32.5 Å². The fourth-order valence-electron chi connectivity index (χ4n) is 3.41. The smallest absolute Gasteiger partial charge is 0.293 e. The minimum atomic E-state index is -4.21. The lowest BCUT2D eigenvalue weighted by Gasteiger charge is -2.19. The fourth-order valence-corrected chi connectivity index (χ4v) is 5.88. The normalized spacial score (nSPS) is 12.2. The number of carbonyl (C=O) groups is 2. The number of hydrogen-bond acceptors (Lipinski definition) is 4. The zero-order valence-corrected chi connectivity index (χ0v) is 19.8. The summed E-state index contributed by atoms with van der Waals surface area (Å²) < 4.78 is 26.8. The summed E-state index contributed by atoms with van der Waals surface area (Å²) >= 11 is 12.4. The minimum absolute atomic E-state index is 0.0443. The Hall–Kier alpha value is -2.67. The number of nitrogens with one attached hydrogen (secondary N) is 1. The molecule has 0 spiro atoms. The Morgan fingerprint density at radius 3 is 2.00 bits per heavy atom. The molecule has 5 nitrogen and oxygen atoms in total. The summed E-state index contributed by atoms with van der Waals surface area (Å²) in [5.41, 5.74) is 2.34. The molecule has 0 saturated heterocycles. The molecular formula is C24H21Cl2NO4S. The van der Waals surface area contributed by atoms with Crippen molar-refractivity contribution in [2.45, 2.75) is 24.9 Å². The predicted octanol–water partition coefficient (Wildman–Crippen LogP) is 5.47. The van der Waals surface area contributed by atoms with Gasteiger partial charge in [-0.3, -0.25) is 9.59 Å². The van der Waals surface area contributed by atoms with Gasteiger partial charge in [0.1, 0.15) is 0 Å². The van der Waals surface area contributed by atoms with E-state index in [9.17, 15) is 18.0 Å². The number of carbonyl (C=O) groups excluding carboxylic acids is 2. The van der Waals surface area contributed by atoms with Gasteiger partial charge in [0.25, 0.3) is 5.91 Å². The van der Waals surface area contributed by atoms with Crippen LogP contribution >= 0.6 is 23.2 Å². The summed E-state index contributed by atoms with van der Waals surface area (Å²) in [5.74, 6) is -2.67. The second-order valence-corrected chi connectivity index (χ2v) is 10.3. The van der Waals surface area contributed by atoms with Crippen LogP contribution in [0.3, 0.4) is 0 Å². The molecule has 1 amide bonds. The molecule has 3 aromatic rings. The lowest BCUT2D eigenvalue weighted by Crippen LogP contribution is -2.34. The van der Waals surface area contributed by atoms with Gasteiger partial charge in [-0.05, 0) is 48.2 Å². The number of aryl methyl sites for hydroxylation is 2. The molecular weight excluding hydrogens is 469 g/mol. The third-order valence-corrected chi connectivity index (χ3v) is 7.66. The third-order valence-electron chi connectivity index (χ3n) is 5.04. The second kappa shape index (κ2) is 9.86. The minimum Gasteiger partial charge on any atom is -0.319 e. The number of benzene rings is 3. The molecule has 0 bridgehead atoms. The van der Waals surface area contributed by atoms with Gasteiger partial charge in [0.05, 0.1) is 5.75 Å². The van der Waals surface area contributed by atoms with Gasteiger partial charge in [0.2, 0.25) is 5.78 Å². The van der Waals surface area contributed by atoms with Gasteiger partial charge >= 0.3 is 0 Å². The fraction of sp³-hybridized carbons (Fsp3) is 0.167. The molecule has 0 unspecified atom stereocenters. The Kier molecular flexibility index (Phi) is 7.39. The van der Waals surface area contributed by atoms with E-state index in [1.165, 1.54) is 12.1 Å². The first-order valence-electron chi connectivity index (χ1n) is 9.72. The largest absolute Gasteiger partial charge is 0.319 e. The average molecular weight is 490 g/mol. The number of rotatable bonds is 7. The van der Waals surface area contributed by atoms with Crippen LogP contribution in [-0.2, 0) is 25.2 Å². The van der Waals surface area contributed by atoms with E-state index in [4.69, 9.17) is 23.2 Å². The number of amides is 1. The lowest BCUT2D eigenvalue weighted by atomic mass is 10.1. The molecule has 0 aliphatic rings. The van der Waals surface area contributed by atoms with Crippen LogP contribution in [0.25, 0.3) is 0 Å². The SMILES string of the molecule is Cc1cccc(C)c1NC(=O)C(=O)[C@H](c1ccccc1Cl)S(=O)(=O)Cc1ccccc1Cl. The topological polar surface area (TPSA) is 80.3 Å². The Balaban J connectivity index is 2.03. The van der Waals surface area contributed by atoms with Crippen LogP contribution in [0.15, 0.2) is 66.7 Å². The highest BCUT2D eigenvalue weighted by Gasteiger charge is 2.39. The maximum Gasteiger partial charge on any atom is 0.293 e. The molecule has 166 valence electrons. The zero-order valence-electron chi connectivity index (χ0n) is 17.4. The molecule has 0 fully saturated rings. The van der Waals surface area contributed by atoms with Crippen molar-refractivity contribution < 1.29 is 18.0 Å². The first kappa shape index (κ1) is 24.0. The first-order chi connectivity index (χ1) is 15.1. The van der Waals surface area contributed by atoms with E-state index in [0.29, 0.717) is 11.3 Å². The number of Topliss-reactive ketones (excluding diaryl/α,β-unsaturated/α-hetero) is 1. The van der Waals surface area contributed by atoms with Crippen molar-refractivity contribution in [1.82, 2.24) is 0 Å². The standard InChI is InChI=1S/C24H21Cl2NO4S/c1-15-8-7-9-16(2)21(15)27-24(29)22(28)23(18-11-4-6-13-20(18)26)32(30,31)14-17-10-3-5-12-19(17)25/h3-13,23H,14H2,1-2H3,(H,27,29)/t23-/m0/s1. The summed E-state index contributed by atoms with van der Waals surface area (Å²) in [6.07, 6.45) is 0. The van der Waals surface area contributed by atoms with Crippen LogP contribution < -0.4 is 5.32 Å². The van der Waals surface area contributed by atoms with Gasteiger partial charge in [-0.15, -0.1) is 0 Å². The first-order valence-corrected chi connectivity index (χ1v) is 12.2. The Labute approximate surface area is 197 Å². The summed E-state index contributed by atoms with van der Waals surface area (Å²) in [4.78, 5) is 26.2. The highest BCUT2D eigenvalue weighted by molar-refractivity contribution is 7.91. The van der Waals surface area contributed by atoms with Crippen molar-refractivity contribution in [3.05, 3.63) is 99.0 Å². The molecule has 3 rings (SSSR count). The Morgan fingerprint density at radius 2 is 1.41 bits per heavy atom. The number of sulfone groups is 1. The zero-order chi connectivity index (χ0) is 23.5. The van der Waals surface area contributed by atoms with E-state index in [0.717, 1.165) is 11.1 Å². The summed E-state index contributed by atoms with van der Waals surface area (Å²) in [6.45, 7) is 3.57. The number of halogens is 2. The molecule has 1 atom stereocenters. The van der Waals surface area contributed by atoms with Crippen LogP contribution in [0.2, 0.25) is 10.0 Å². The average Bonchev–Trinajstić information content (AvgIpc) is 2.73. The van der Waals surface area contributed by atoms with Gasteiger partial charge < -0.3 is 5.32 Å². The van der Waals surface area contributed by atoms with E-state index in [-0.39, 0.29) is 15.6 Å². The maximum absolute atomic E-state index is 13.4. The molecule has 3 aromatic carbocycles. The maximum atomic E-state index is 13.4. The lowest BCUT2D eigenvalue weighted by molar-refractivity contribution is -0.134. The van der Waals surface area contributed by atoms with E-state index in [1.54, 1.807) is 62.4 Å². The molecule has 0 aliphatic heterocycles. The monoisotopic (exact) mass is 489 g/mol. The number of ketones is 1. The summed E-state index contributed by atoms with van der Waals surface area (Å²) in [6, 6.07) is 17.9. The third kappa shape index (κ3) is 5.21. The number of para-hydroxylation sites is 1. The molecule has 0 saturated carbocycles. The van der Waals surface area contributed by atoms with E-state index >= 15 is 0 Å². The molecule has 1 N–H and O–H groups in total. The van der Waals surface area contributed by atoms with Gasteiger partial charge in [-0.2, -0.15) is 0 Å². The van der Waals surface area contributed by atoms with Crippen LogP contribution in [-0.4, -0.2) is 20.1 Å². The molecule has 32 heavy (non-hydrogen) atoms. The van der Waals surface area contributed by atoms with E-state index in [1.807, 2.05) is 6.07 Å². The van der Waals surface area contributed by atoms with Crippen molar-refractivity contribution >= 4 is 50.4 Å².